The fraction of sp³-hybridized carbons (Fsp3) is 0.450. The first-order valence-electron chi connectivity index (χ1n) is 9.97. The summed E-state index contributed by atoms with van der Waals surface area (Å²) in [6, 6.07) is 0.0141. The summed E-state index contributed by atoms with van der Waals surface area (Å²) in [7, 11) is -2.56. The Morgan fingerprint density at radius 2 is 1.74 bits per heavy atom. The van der Waals surface area contributed by atoms with Gasteiger partial charge >= 0.3 is 6.01 Å². The molecule has 0 aliphatic carbocycles. The smallest absolute Gasteiger partial charge is 0.311 e. The summed E-state index contributed by atoms with van der Waals surface area (Å²) in [5.41, 5.74) is -0.281. The molecule has 14 heteroatoms. The van der Waals surface area contributed by atoms with Gasteiger partial charge in [0.05, 0.1) is 18.3 Å². The summed E-state index contributed by atoms with van der Waals surface area (Å²) >= 11 is 0. The molecular weight excluding hydrogens is 478 g/mol. The van der Waals surface area contributed by atoms with Crippen LogP contribution in [0.3, 0.4) is 0 Å². The monoisotopic (exact) mass is 504 g/mol. The number of sulfonamides is 1. The van der Waals surface area contributed by atoms with Crippen LogP contribution < -0.4 is 14.9 Å². The number of benzene rings is 1. The van der Waals surface area contributed by atoms with Crippen LogP contribution in [0.25, 0.3) is 0 Å². The Labute approximate surface area is 194 Å². The average molecular weight is 505 g/mol. The van der Waals surface area contributed by atoms with Gasteiger partial charge in [0.25, 0.3) is 5.91 Å². The van der Waals surface area contributed by atoms with Gasteiger partial charge in [-0.2, -0.15) is 4.98 Å². The molecule has 0 aliphatic rings. The number of nitrogens with zero attached hydrogens (tertiary/aromatic N) is 2. The van der Waals surface area contributed by atoms with E-state index in [0.29, 0.717) is 10.4 Å². The standard InChI is InChI=1S/C20H26F2N4O7S/c1-10(23-11(2)27)17(28)18(29)15(7-12-5-13(21)8-14(22)6-12)24-19(30)16-9-33-20(25-16)26(3)34(4,31)32/h5-6,8-10,15,17-18,28-29H,7H2,1-4H3,(H,23,27)(H,24,30)/t10-,15+,17-,18-/m1/s1. The number of hydrogen-bond acceptors (Lipinski definition) is 8. The molecule has 11 nitrogen and oxygen atoms in total. The van der Waals surface area contributed by atoms with Crippen LogP contribution in [-0.4, -0.2) is 73.0 Å². The van der Waals surface area contributed by atoms with Crippen molar-refractivity contribution in [2.75, 3.05) is 17.6 Å². The fourth-order valence-electron chi connectivity index (χ4n) is 3.08. The van der Waals surface area contributed by atoms with Crippen LogP contribution in [0, 0.1) is 11.6 Å². The van der Waals surface area contributed by atoms with Crippen molar-refractivity contribution in [2.45, 2.75) is 44.6 Å². The maximum Gasteiger partial charge on any atom is 0.311 e. The van der Waals surface area contributed by atoms with E-state index < -0.39 is 63.8 Å². The number of amides is 2. The summed E-state index contributed by atoms with van der Waals surface area (Å²) in [4.78, 5) is 27.8. The normalized spacial score (nSPS) is 15.2. The molecule has 0 bridgehead atoms. The van der Waals surface area contributed by atoms with E-state index in [2.05, 4.69) is 15.6 Å². The molecule has 0 fully saturated rings. The Kier molecular flexibility index (Phi) is 8.69. The molecule has 188 valence electrons. The summed E-state index contributed by atoms with van der Waals surface area (Å²) in [6.07, 6.45) is -1.79. The van der Waals surface area contributed by atoms with E-state index in [-0.39, 0.29) is 17.7 Å². The Balaban J connectivity index is 2.30. The number of aliphatic hydroxyl groups is 2. The van der Waals surface area contributed by atoms with Crippen molar-refractivity contribution in [1.82, 2.24) is 15.6 Å². The molecule has 1 aromatic heterocycles. The summed E-state index contributed by atoms with van der Waals surface area (Å²) in [6.45, 7) is 2.63. The van der Waals surface area contributed by atoms with Gasteiger partial charge in [-0.15, -0.1) is 0 Å². The average Bonchev–Trinajstić information content (AvgIpc) is 3.19. The molecule has 0 saturated heterocycles. The lowest BCUT2D eigenvalue weighted by molar-refractivity contribution is -0.121. The third kappa shape index (κ3) is 7.20. The predicted molar refractivity (Wildman–Crippen MR) is 116 cm³/mol. The lowest BCUT2D eigenvalue weighted by Crippen LogP contribution is -2.55. The van der Waals surface area contributed by atoms with E-state index in [0.717, 1.165) is 31.7 Å². The zero-order valence-electron chi connectivity index (χ0n) is 18.8. The van der Waals surface area contributed by atoms with Crippen molar-refractivity contribution >= 4 is 27.9 Å². The van der Waals surface area contributed by atoms with E-state index in [1.54, 1.807) is 0 Å². The molecule has 0 spiro atoms. The zero-order chi connectivity index (χ0) is 25.8. The van der Waals surface area contributed by atoms with Crippen LogP contribution in [0.4, 0.5) is 14.8 Å². The molecule has 1 aromatic carbocycles. The molecule has 4 N–H and O–H groups in total. The maximum atomic E-state index is 13.6. The summed E-state index contributed by atoms with van der Waals surface area (Å²) in [5, 5.41) is 26.0. The highest BCUT2D eigenvalue weighted by molar-refractivity contribution is 7.92. The number of carbonyl (C=O) groups is 2. The predicted octanol–water partition coefficient (Wildman–Crippen LogP) is -0.0639. The van der Waals surface area contributed by atoms with Crippen molar-refractivity contribution < 1.29 is 41.4 Å². The van der Waals surface area contributed by atoms with Crippen LogP contribution in [0.2, 0.25) is 0 Å². The van der Waals surface area contributed by atoms with Crippen molar-refractivity contribution in [1.29, 1.82) is 0 Å². The quantitative estimate of drug-likeness (QED) is 0.350. The van der Waals surface area contributed by atoms with Crippen molar-refractivity contribution in [3.8, 4) is 0 Å². The van der Waals surface area contributed by atoms with Gasteiger partial charge in [0.15, 0.2) is 5.69 Å². The molecule has 2 aromatic rings. The van der Waals surface area contributed by atoms with E-state index in [4.69, 9.17) is 4.42 Å². The second-order valence-electron chi connectivity index (χ2n) is 7.78. The number of aliphatic hydroxyl groups excluding tert-OH is 2. The highest BCUT2D eigenvalue weighted by Crippen LogP contribution is 2.17. The minimum Gasteiger partial charge on any atom is -0.430 e. The second-order valence-corrected chi connectivity index (χ2v) is 9.79. The van der Waals surface area contributed by atoms with Crippen LogP contribution in [-0.2, 0) is 21.2 Å². The van der Waals surface area contributed by atoms with Crippen molar-refractivity contribution in [3.05, 3.63) is 47.4 Å². The Morgan fingerprint density at radius 1 is 1.15 bits per heavy atom. The minimum absolute atomic E-state index is 0.0684. The molecule has 2 amide bonds. The van der Waals surface area contributed by atoms with Crippen molar-refractivity contribution in [2.24, 2.45) is 0 Å². The minimum atomic E-state index is -3.72. The second kappa shape index (κ2) is 10.9. The van der Waals surface area contributed by atoms with Gasteiger partial charge in [0.2, 0.25) is 15.9 Å². The van der Waals surface area contributed by atoms with Crippen molar-refractivity contribution in [3.63, 3.8) is 0 Å². The van der Waals surface area contributed by atoms with Gasteiger partial charge < -0.3 is 25.3 Å². The number of aromatic nitrogens is 1. The molecule has 0 unspecified atom stereocenters. The molecule has 0 saturated carbocycles. The van der Waals surface area contributed by atoms with Gasteiger partial charge in [-0.05, 0) is 31.0 Å². The molecule has 1 heterocycles. The fourth-order valence-corrected chi connectivity index (χ4v) is 3.44. The molecule has 34 heavy (non-hydrogen) atoms. The SMILES string of the molecule is CC(=O)N[C@H](C)[C@@H](O)[C@H](O)[C@H](Cc1cc(F)cc(F)c1)NC(=O)c1coc(N(C)S(C)(=O)=O)n1. The van der Waals surface area contributed by atoms with Crippen LogP contribution in [0.1, 0.15) is 29.9 Å². The number of anilines is 1. The topological polar surface area (TPSA) is 162 Å². The lowest BCUT2D eigenvalue weighted by Gasteiger charge is -2.31. The largest absolute Gasteiger partial charge is 0.430 e. The van der Waals surface area contributed by atoms with Crippen LogP contribution in [0.5, 0.6) is 0 Å². The number of oxazole rings is 1. The number of hydrogen-bond donors (Lipinski definition) is 4. The summed E-state index contributed by atoms with van der Waals surface area (Å²) < 4.78 is 56.3. The first-order valence-corrected chi connectivity index (χ1v) is 11.8. The van der Waals surface area contributed by atoms with Gasteiger partial charge in [-0.1, -0.05) is 0 Å². The van der Waals surface area contributed by atoms with Crippen LogP contribution in [0.15, 0.2) is 28.9 Å². The van der Waals surface area contributed by atoms with Gasteiger partial charge in [0, 0.05) is 20.0 Å². The number of rotatable bonds is 10. The third-order valence-corrected chi connectivity index (χ3v) is 6.04. The van der Waals surface area contributed by atoms with E-state index in [1.165, 1.54) is 13.8 Å². The van der Waals surface area contributed by atoms with Gasteiger partial charge in [-0.3, -0.25) is 9.59 Å². The third-order valence-electron chi connectivity index (χ3n) is 4.89. The molecule has 4 atom stereocenters. The van der Waals surface area contributed by atoms with Crippen LogP contribution >= 0.6 is 0 Å². The highest BCUT2D eigenvalue weighted by Gasteiger charge is 2.33. The van der Waals surface area contributed by atoms with Gasteiger partial charge in [-0.25, -0.2) is 21.5 Å². The van der Waals surface area contributed by atoms with E-state index in [1.807, 2.05) is 0 Å². The summed E-state index contributed by atoms with van der Waals surface area (Å²) in [5.74, 6) is -3.16. The number of nitrogens with one attached hydrogen (secondary N) is 2. The number of halogens is 2. The first kappa shape index (κ1) is 27.1. The first-order chi connectivity index (χ1) is 15.7. The number of carbonyl (C=O) groups excluding carboxylic acids is 2. The maximum absolute atomic E-state index is 13.6. The Morgan fingerprint density at radius 3 is 2.26 bits per heavy atom. The molecule has 0 radical (unpaired) electrons. The zero-order valence-corrected chi connectivity index (χ0v) is 19.6. The van der Waals surface area contributed by atoms with Gasteiger partial charge in [0.1, 0.15) is 30.1 Å². The molecular formula is C20H26F2N4O7S. The highest BCUT2D eigenvalue weighted by atomic mass is 32.2. The van der Waals surface area contributed by atoms with E-state index >= 15 is 0 Å². The molecule has 0 aliphatic heterocycles. The Bertz CT molecular complexity index is 1120. The lowest BCUT2D eigenvalue weighted by atomic mass is 9.94. The Hall–Kier alpha value is -3.10. The molecule has 2 rings (SSSR count). The van der Waals surface area contributed by atoms with E-state index in [9.17, 15) is 37.0 Å².